The fourth-order valence-electron chi connectivity index (χ4n) is 1.26. The molecule has 13 heavy (non-hydrogen) atoms. The standard InChI is InChI=1S/C12H17N/c1-3-4-5-11-6-8-12(9-7-11)10(2)13/h3,6-10H,1,4-5,13H2,2H3/t10-/m0/s1. The summed E-state index contributed by atoms with van der Waals surface area (Å²) in [7, 11) is 0. The number of rotatable bonds is 4. The molecule has 1 rings (SSSR count). The summed E-state index contributed by atoms with van der Waals surface area (Å²) in [6, 6.07) is 8.62. The van der Waals surface area contributed by atoms with E-state index in [2.05, 4.69) is 30.8 Å². The van der Waals surface area contributed by atoms with Crippen molar-refractivity contribution in [2.75, 3.05) is 0 Å². The lowest BCUT2D eigenvalue weighted by atomic mass is 10.0. The maximum atomic E-state index is 5.75. The quantitative estimate of drug-likeness (QED) is 0.700. The van der Waals surface area contributed by atoms with Gasteiger partial charge in [0.05, 0.1) is 0 Å². The first-order valence-electron chi connectivity index (χ1n) is 4.69. The second-order valence-corrected chi connectivity index (χ2v) is 3.36. The molecular formula is C12H17N. The third-order valence-corrected chi connectivity index (χ3v) is 2.14. The summed E-state index contributed by atoms with van der Waals surface area (Å²) >= 11 is 0. The fraction of sp³-hybridized carbons (Fsp3) is 0.333. The lowest BCUT2D eigenvalue weighted by Gasteiger charge is -2.06. The summed E-state index contributed by atoms with van der Waals surface area (Å²) in [5, 5.41) is 0. The van der Waals surface area contributed by atoms with Gasteiger partial charge in [-0.05, 0) is 30.9 Å². The Morgan fingerprint density at radius 3 is 2.46 bits per heavy atom. The van der Waals surface area contributed by atoms with Crippen molar-refractivity contribution in [2.24, 2.45) is 5.73 Å². The molecule has 2 N–H and O–H groups in total. The molecule has 0 radical (unpaired) electrons. The van der Waals surface area contributed by atoms with E-state index < -0.39 is 0 Å². The van der Waals surface area contributed by atoms with Gasteiger partial charge in [0.1, 0.15) is 0 Å². The van der Waals surface area contributed by atoms with Crippen LogP contribution in [-0.2, 0) is 6.42 Å². The Hall–Kier alpha value is -1.08. The van der Waals surface area contributed by atoms with E-state index in [0.29, 0.717) is 0 Å². The highest BCUT2D eigenvalue weighted by molar-refractivity contribution is 5.24. The zero-order valence-electron chi connectivity index (χ0n) is 8.16. The number of aryl methyl sites for hydroxylation is 1. The number of allylic oxidation sites excluding steroid dienone is 1. The molecule has 1 atom stereocenters. The zero-order valence-corrected chi connectivity index (χ0v) is 8.16. The lowest BCUT2D eigenvalue weighted by molar-refractivity contribution is 0.816. The molecular weight excluding hydrogens is 158 g/mol. The molecule has 1 nitrogen and oxygen atoms in total. The summed E-state index contributed by atoms with van der Waals surface area (Å²) in [5.74, 6) is 0. The highest BCUT2D eigenvalue weighted by Gasteiger charge is 1.97. The molecule has 0 aromatic heterocycles. The summed E-state index contributed by atoms with van der Waals surface area (Å²) < 4.78 is 0. The number of hydrogen-bond acceptors (Lipinski definition) is 1. The normalized spacial score (nSPS) is 12.5. The minimum absolute atomic E-state index is 0.133. The fourth-order valence-corrected chi connectivity index (χ4v) is 1.26. The summed E-state index contributed by atoms with van der Waals surface area (Å²) in [6.07, 6.45) is 4.06. The van der Waals surface area contributed by atoms with Crippen LogP contribution >= 0.6 is 0 Å². The Labute approximate surface area is 80.3 Å². The van der Waals surface area contributed by atoms with Crippen LogP contribution in [-0.4, -0.2) is 0 Å². The van der Waals surface area contributed by atoms with E-state index in [1.807, 2.05) is 13.0 Å². The maximum absolute atomic E-state index is 5.75. The van der Waals surface area contributed by atoms with E-state index in [1.165, 1.54) is 11.1 Å². The first-order chi connectivity index (χ1) is 6.24. The molecule has 0 heterocycles. The van der Waals surface area contributed by atoms with Gasteiger partial charge < -0.3 is 5.73 Å². The van der Waals surface area contributed by atoms with Gasteiger partial charge in [0.2, 0.25) is 0 Å². The summed E-state index contributed by atoms with van der Waals surface area (Å²) in [4.78, 5) is 0. The van der Waals surface area contributed by atoms with Crippen molar-refractivity contribution in [3.05, 3.63) is 48.0 Å². The van der Waals surface area contributed by atoms with Crippen molar-refractivity contribution in [1.29, 1.82) is 0 Å². The van der Waals surface area contributed by atoms with Crippen LogP contribution in [0, 0.1) is 0 Å². The molecule has 0 fully saturated rings. The molecule has 0 amide bonds. The Kier molecular flexibility index (Phi) is 3.71. The molecule has 0 saturated heterocycles. The van der Waals surface area contributed by atoms with Crippen molar-refractivity contribution < 1.29 is 0 Å². The van der Waals surface area contributed by atoms with Crippen molar-refractivity contribution in [1.82, 2.24) is 0 Å². The van der Waals surface area contributed by atoms with Gasteiger partial charge in [-0.1, -0.05) is 30.3 Å². The van der Waals surface area contributed by atoms with Crippen LogP contribution in [0.5, 0.6) is 0 Å². The predicted molar refractivity (Wildman–Crippen MR) is 57.6 cm³/mol. The van der Waals surface area contributed by atoms with E-state index in [-0.39, 0.29) is 6.04 Å². The first kappa shape index (κ1) is 10.0. The predicted octanol–water partition coefficient (Wildman–Crippen LogP) is 2.82. The monoisotopic (exact) mass is 175 g/mol. The van der Waals surface area contributed by atoms with Crippen molar-refractivity contribution in [2.45, 2.75) is 25.8 Å². The third-order valence-electron chi connectivity index (χ3n) is 2.14. The van der Waals surface area contributed by atoms with Crippen LogP contribution in [0.3, 0.4) is 0 Å². The molecule has 1 heteroatoms. The first-order valence-corrected chi connectivity index (χ1v) is 4.69. The van der Waals surface area contributed by atoms with Crippen LogP contribution in [0.2, 0.25) is 0 Å². The van der Waals surface area contributed by atoms with Gasteiger partial charge in [-0.25, -0.2) is 0 Å². The highest BCUT2D eigenvalue weighted by atomic mass is 14.6. The molecule has 0 aliphatic rings. The van der Waals surface area contributed by atoms with E-state index in [9.17, 15) is 0 Å². The number of benzene rings is 1. The van der Waals surface area contributed by atoms with Crippen LogP contribution in [0.25, 0.3) is 0 Å². The van der Waals surface area contributed by atoms with Gasteiger partial charge >= 0.3 is 0 Å². The molecule has 70 valence electrons. The minimum atomic E-state index is 0.133. The van der Waals surface area contributed by atoms with Crippen molar-refractivity contribution in [3.8, 4) is 0 Å². The van der Waals surface area contributed by atoms with Crippen LogP contribution in [0.4, 0.5) is 0 Å². The Morgan fingerprint density at radius 2 is 2.00 bits per heavy atom. The minimum Gasteiger partial charge on any atom is -0.324 e. The smallest absolute Gasteiger partial charge is 0.0266 e. The number of hydrogen-bond donors (Lipinski definition) is 1. The Balaban J connectivity index is 2.64. The van der Waals surface area contributed by atoms with Gasteiger partial charge in [0.25, 0.3) is 0 Å². The SMILES string of the molecule is C=CCCc1ccc([C@H](C)N)cc1. The molecule has 0 aliphatic heterocycles. The molecule has 1 aromatic carbocycles. The summed E-state index contributed by atoms with van der Waals surface area (Å²) in [6.45, 7) is 5.70. The van der Waals surface area contributed by atoms with Crippen molar-refractivity contribution in [3.63, 3.8) is 0 Å². The average molecular weight is 175 g/mol. The molecule has 0 unspecified atom stereocenters. The molecule has 0 bridgehead atoms. The molecule has 1 aromatic rings. The zero-order chi connectivity index (χ0) is 9.68. The molecule has 0 saturated carbocycles. The van der Waals surface area contributed by atoms with Crippen LogP contribution in [0.1, 0.15) is 30.5 Å². The lowest BCUT2D eigenvalue weighted by Crippen LogP contribution is -2.04. The van der Waals surface area contributed by atoms with Crippen molar-refractivity contribution >= 4 is 0 Å². The second kappa shape index (κ2) is 4.83. The molecule has 0 spiro atoms. The summed E-state index contributed by atoms with van der Waals surface area (Å²) in [5.41, 5.74) is 8.30. The van der Waals surface area contributed by atoms with E-state index in [1.54, 1.807) is 0 Å². The maximum Gasteiger partial charge on any atom is 0.0266 e. The van der Waals surface area contributed by atoms with E-state index in [0.717, 1.165) is 12.8 Å². The van der Waals surface area contributed by atoms with Gasteiger partial charge in [-0.2, -0.15) is 0 Å². The largest absolute Gasteiger partial charge is 0.324 e. The Bertz CT molecular complexity index is 259. The topological polar surface area (TPSA) is 26.0 Å². The van der Waals surface area contributed by atoms with Gasteiger partial charge in [0.15, 0.2) is 0 Å². The number of nitrogens with two attached hydrogens (primary N) is 1. The average Bonchev–Trinajstić information content (AvgIpc) is 2.15. The van der Waals surface area contributed by atoms with Gasteiger partial charge in [0, 0.05) is 6.04 Å². The molecule has 0 aliphatic carbocycles. The highest BCUT2D eigenvalue weighted by Crippen LogP contribution is 2.11. The van der Waals surface area contributed by atoms with E-state index >= 15 is 0 Å². The Morgan fingerprint density at radius 1 is 1.38 bits per heavy atom. The third kappa shape index (κ3) is 3.03. The van der Waals surface area contributed by atoms with Gasteiger partial charge in [-0.15, -0.1) is 6.58 Å². The van der Waals surface area contributed by atoms with E-state index in [4.69, 9.17) is 5.73 Å². The van der Waals surface area contributed by atoms with Crippen LogP contribution in [0.15, 0.2) is 36.9 Å². The van der Waals surface area contributed by atoms with Gasteiger partial charge in [-0.3, -0.25) is 0 Å². The van der Waals surface area contributed by atoms with Crippen LogP contribution < -0.4 is 5.73 Å². The second-order valence-electron chi connectivity index (χ2n) is 3.36.